The fraction of sp³-hybridized carbons (Fsp3) is 0.421. The highest BCUT2D eigenvalue weighted by atomic mass is 35.5. The van der Waals surface area contributed by atoms with Gasteiger partial charge in [-0.15, -0.1) is 0 Å². The first-order chi connectivity index (χ1) is 13.7. The molecule has 0 radical (unpaired) electrons. The van der Waals surface area contributed by atoms with Gasteiger partial charge in [-0.3, -0.25) is 4.90 Å². The number of pyridine rings is 1. The third-order valence-corrected chi connectivity index (χ3v) is 4.34. The number of hydrogen-bond donors (Lipinski definition) is 2. The first-order valence-electron chi connectivity index (χ1n) is 9.20. The summed E-state index contributed by atoms with van der Waals surface area (Å²) in [5, 5.41) is 12.7. The van der Waals surface area contributed by atoms with E-state index in [1.165, 1.54) is 0 Å². The Hall–Kier alpha value is -1.97. The third kappa shape index (κ3) is 8.12. The summed E-state index contributed by atoms with van der Waals surface area (Å²) in [7, 11) is 1.93. The summed E-state index contributed by atoms with van der Waals surface area (Å²) in [6.45, 7) is 0.915. The van der Waals surface area contributed by atoms with Crippen molar-refractivity contribution >= 4 is 36.4 Å². The van der Waals surface area contributed by atoms with E-state index in [1.807, 2.05) is 20.8 Å². The van der Waals surface area contributed by atoms with E-state index in [-0.39, 0.29) is 26.3 Å². The second kappa shape index (κ2) is 10.7. The summed E-state index contributed by atoms with van der Waals surface area (Å²) >= 11 is 6.09. The molecule has 1 heterocycles. The van der Waals surface area contributed by atoms with E-state index in [9.17, 15) is 13.2 Å². The van der Waals surface area contributed by atoms with Crippen molar-refractivity contribution in [1.82, 2.24) is 9.88 Å². The van der Waals surface area contributed by atoms with Crippen molar-refractivity contribution in [3.8, 4) is 5.75 Å². The molecule has 1 aromatic carbocycles. The molecule has 2 rings (SSSR count). The number of nitrogens with zero attached hydrogens (tertiary/aromatic N) is 2. The summed E-state index contributed by atoms with van der Waals surface area (Å²) in [4.78, 5) is 5.53. The molecule has 2 aromatic rings. The van der Waals surface area contributed by atoms with Crippen LogP contribution in [0.4, 0.5) is 24.7 Å². The normalized spacial score (nSPS) is 11.7. The fourth-order valence-electron chi connectivity index (χ4n) is 2.83. The standard InChI is InChI=1S/C19H24BClF3N3O2/c1-13-9-15(20)18(25-11-13)26-16-10-14(21)3-4-17(16)29-8-2-5-27(6-7-28)12-19(22,23)24/h3-4,9-11,28H,2,5-8,12,20H2,1H3,(H,25,26). The van der Waals surface area contributed by atoms with Gasteiger partial charge in [-0.05, 0) is 42.6 Å². The van der Waals surface area contributed by atoms with E-state index in [1.54, 1.807) is 24.4 Å². The van der Waals surface area contributed by atoms with Crippen LogP contribution in [-0.2, 0) is 0 Å². The molecule has 0 amide bonds. The summed E-state index contributed by atoms with van der Waals surface area (Å²) in [6, 6.07) is 7.09. The van der Waals surface area contributed by atoms with Crippen LogP contribution in [0, 0.1) is 6.92 Å². The Morgan fingerprint density at radius 1 is 1.28 bits per heavy atom. The van der Waals surface area contributed by atoms with Crippen LogP contribution in [0.25, 0.3) is 0 Å². The van der Waals surface area contributed by atoms with Gasteiger partial charge >= 0.3 is 6.18 Å². The molecule has 0 unspecified atom stereocenters. The maximum absolute atomic E-state index is 12.6. The molecule has 5 nitrogen and oxygen atoms in total. The summed E-state index contributed by atoms with van der Waals surface area (Å²) < 4.78 is 43.5. The van der Waals surface area contributed by atoms with Crippen molar-refractivity contribution < 1.29 is 23.0 Å². The number of aromatic nitrogens is 1. The number of rotatable bonds is 10. The topological polar surface area (TPSA) is 57.6 Å². The number of aliphatic hydroxyl groups excluding tert-OH is 1. The Balaban J connectivity index is 1.98. The lowest BCUT2D eigenvalue weighted by Gasteiger charge is -2.22. The maximum Gasteiger partial charge on any atom is 0.401 e. The first kappa shape index (κ1) is 23.3. The van der Waals surface area contributed by atoms with E-state index in [2.05, 4.69) is 10.3 Å². The van der Waals surface area contributed by atoms with Crippen molar-refractivity contribution in [3.05, 3.63) is 41.0 Å². The molecule has 2 N–H and O–H groups in total. The van der Waals surface area contributed by atoms with Gasteiger partial charge < -0.3 is 15.2 Å². The molecule has 0 aliphatic carbocycles. The summed E-state index contributed by atoms with van der Waals surface area (Å²) in [5.74, 6) is 1.20. The monoisotopic (exact) mass is 429 g/mol. The average molecular weight is 430 g/mol. The SMILES string of the molecule is Bc1cc(C)cnc1Nc1cc(Cl)ccc1OCCCN(CCO)CC(F)(F)F. The zero-order valence-corrected chi connectivity index (χ0v) is 17.1. The van der Waals surface area contributed by atoms with Gasteiger partial charge in [-0.2, -0.15) is 13.2 Å². The number of halogens is 4. The van der Waals surface area contributed by atoms with Crippen LogP contribution in [0.5, 0.6) is 5.75 Å². The van der Waals surface area contributed by atoms with Crippen LogP contribution in [0.3, 0.4) is 0 Å². The molecule has 0 aliphatic rings. The predicted octanol–water partition coefficient (Wildman–Crippen LogP) is 2.67. The molecule has 0 saturated heterocycles. The highest BCUT2D eigenvalue weighted by molar-refractivity contribution is 6.35. The Labute approximate surface area is 174 Å². The molecule has 0 fully saturated rings. The second-order valence-corrected chi connectivity index (χ2v) is 7.20. The quantitative estimate of drug-likeness (QED) is 0.449. The zero-order valence-electron chi connectivity index (χ0n) is 16.4. The van der Waals surface area contributed by atoms with Crippen molar-refractivity contribution in [1.29, 1.82) is 0 Å². The number of alkyl halides is 3. The van der Waals surface area contributed by atoms with E-state index in [0.29, 0.717) is 28.7 Å². The van der Waals surface area contributed by atoms with E-state index < -0.39 is 12.7 Å². The van der Waals surface area contributed by atoms with Crippen LogP contribution >= 0.6 is 11.6 Å². The largest absolute Gasteiger partial charge is 0.491 e. The zero-order chi connectivity index (χ0) is 21.4. The number of ether oxygens (including phenoxy) is 1. The van der Waals surface area contributed by atoms with E-state index in [0.717, 1.165) is 15.9 Å². The Kier molecular flexibility index (Phi) is 8.61. The molecule has 158 valence electrons. The summed E-state index contributed by atoms with van der Waals surface area (Å²) in [6.07, 6.45) is -2.18. The molecule has 0 aliphatic heterocycles. The molecule has 29 heavy (non-hydrogen) atoms. The lowest BCUT2D eigenvalue weighted by Crippen LogP contribution is -2.37. The van der Waals surface area contributed by atoms with Gasteiger partial charge in [0.05, 0.1) is 25.4 Å². The lowest BCUT2D eigenvalue weighted by molar-refractivity contribution is -0.147. The molecule has 10 heteroatoms. The number of benzene rings is 1. The number of nitrogens with one attached hydrogen (secondary N) is 1. The molecule has 0 saturated carbocycles. The van der Waals surface area contributed by atoms with Gasteiger partial charge in [0.2, 0.25) is 0 Å². The highest BCUT2D eigenvalue weighted by Gasteiger charge is 2.30. The molecular formula is C19H24BClF3N3O2. The molecule has 0 spiro atoms. The van der Waals surface area contributed by atoms with E-state index in [4.69, 9.17) is 21.4 Å². The maximum atomic E-state index is 12.6. The minimum absolute atomic E-state index is 0.0361. The number of aryl methyl sites for hydroxylation is 1. The fourth-order valence-corrected chi connectivity index (χ4v) is 3.01. The molecule has 0 bridgehead atoms. The van der Waals surface area contributed by atoms with Gasteiger partial charge in [0.15, 0.2) is 0 Å². The third-order valence-electron chi connectivity index (χ3n) is 4.11. The minimum atomic E-state index is -4.30. The van der Waals surface area contributed by atoms with Crippen LogP contribution in [0.2, 0.25) is 5.02 Å². The minimum Gasteiger partial charge on any atom is -0.491 e. The van der Waals surface area contributed by atoms with Crippen molar-refractivity contribution in [2.24, 2.45) is 0 Å². The number of aliphatic hydroxyl groups is 1. The highest BCUT2D eigenvalue weighted by Crippen LogP contribution is 2.30. The Morgan fingerprint density at radius 3 is 2.69 bits per heavy atom. The average Bonchev–Trinajstić information content (AvgIpc) is 2.61. The van der Waals surface area contributed by atoms with E-state index >= 15 is 0 Å². The molecular weight excluding hydrogens is 405 g/mol. The second-order valence-electron chi connectivity index (χ2n) is 6.76. The number of hydrogen-bond acceptors (Lipinski definition) is 5. The van der Waals surface area contributed by atoms with Crippen molar-refractivity contribution in [3.63, 3.8) is 0 Å². The Bertz CT molecular complexity index is 809. The predicted molar refractivity (Wildman–Crippen MR) is 112 cm³/mol. The Morgan fingerprint density at radius 2 is 2.03 bits per heavy atom. The van der Waals surface area contributed by atoms with Crippen LogP contribution in [0.15, 0.2) is 30.5 Å². The first-order valence-corrected chi connectivity index (χ1v) is 9.58. The van der Waals surface area contributed by atoms with Crippen molar-refractivity contribution in [2.45, 2.75) is 19.5 Å². The molecule has 0 atom stereocenters. The van der Waals surface area contributed by atoms with Gasteiger partial charge in [0.1, 0.15) is 19.4 Å². The van der Waals surface area contributed by atoms with Gasteiger partial charge in [-0.1, -0.05) is 17.7 Å². The van der Waals surface area contributed by atoms with Gasteiger partial charge in [-0.25, -0.2) is 4.98 Å². The number of anilines is 2. The summed E-state index contributed by atoms with van der Waals surface area (Å²) in [5.41, 5.74) is 2.63. The van der Waals surface area contributed by atoms with Crippen LogP contribution < -0.4 is 15.5 Å². The van der Waals surface area contributed by atoms with Crippen LogP contribution in [0.1, 0.15) is 12.0 Å². The van der Waals surface area contributed by atoms with Gasteiger partial charge in [0.25, 0.3) is 0 Å². The van der Waals surface area contributed by atoms with Crippen LogP contribution in [-0.4, -0.2) is 61.9 Å². The van der Waals surface area contributed by atoms with Crippen molar-refractivity contribution in [2.75, 3.05) is 38.2 Å². The smallest absolute Gasteiger partial charge is 0.401 e. The lowest BCUT2D eigenvalue weighted by atomic mass is 9.95. The molecule has 1 aromatic heterocycles. The van der Waals surface area contributed by atoms with Gasteiger partial charge in [0, 0.05) is 24.3 Å².